The number of fused-ring (bicyclic) bond motifs is 5. The normalized spacial score (nSPS) is 34.6. The molecule has 0 amide bonds. The largest absolute Gasteiger partial charge is 0.478 e. The maximum atomic E-state index is 10.9. The molecule has 1 heterocycles. The molecule has 2 bridgehead atoms. The van der Waals surface area contributed by atoms with Crippen molar-refractivity contribution in [2.24, 2.45) is 23.7 Å². The molecule has 1 aromatic rings. The molecule has 2 unspecified atom stereocenters. The Hall–Kier alpha value is -1.61. The Morgan fingerprint density at radius 2 is 1.70 bits per heavy atom. The fourth-order valence-corrected chi connectivity index (χ4v) is 4.38. The predicted molar refractivity (Wildman–Crippen MR) is 76.4 cm³/mol. The lowest BCUT2D eigenvalue weighted by atomic mass is 9.86. The van der Waals surface area contributed by atoms with Crippen molar-refractivity contribution >= 4 is 5.97 Å². The van der Waals surface area contributed by atoms with E-state index in [0.717, 1.165) is 30.2 Å². The molecule has 2 aliphatic carbocycles. The summed E-state index contributed by atoms with van der Waals surface area (Å²) in [6.45, 7) is 3.36. The zero-order valence-electron chi connectivity index (χ0n) is 11.4. The van der Waals surface area contributed by atoms with Crippen molar-refractivity contribution in [2.75, 3.05) is 13.1 Å². The van der Waals surface area contributed by atoms with Gasteiger partial charge >= 0.3 is 5.97 Å². The number of aromatic carboxylic acids is 1. The van der Waals surface area contributed by atoms with Crippen LogP contribution in [0.4, 0.5) is 0 Å². The molecule has 4 rings (SSSR count). The van der Waals surface area contributed by atoms with E-state index in [0.29, 0.717) is 5.56 Å². The highest BCUT2D eigenvalue weighted by molar-refractivity contribution is 5.87. The fraction of sp³-hybridized carbons (Fsp3) is 0.471. The van der Waals surface area contributed by atoms with E-state index >= 15 is 0 Å². The van der Waals surface area contributed by atoms with Gasteiger partial charge in [-0.15, -0.1) is 0 Å². The number of benzene rings is 1. The van der Waals surface area contributed by atoms with Crippen LogP contribution in [-0.2, 0) is 6.54 Å². The lowest BCUT2D eigenvalue weighted by Gasteiger charge is -2.18. The van der Waals surface area contributed by atoms with Gasteiger partial charge in [0.25, 0.3) is 0 Å². The predicted octanol–water partition coefficient (Wildman–Crippen LogP) is 2.64. The second-order valence-corrected chi connectivity index (χ2v) is 6.47. The van der Waals surface area contributed by atoms with Crippen molar-refractivity contribution in [1.82, 2.24) is 4.90 Å². The van der Waals surface area contributed by atoms with E-state index in [4.69, 9.17) is 5.11 Å². The van der Waals surface area contributed by atoms with E-state index in [1.807, 2.05) is 12.1 Å². The number of hydrogen-bond donors (Lipinski definition) is 1. The van der Waals surface area contributed by atoms with Crippen LogP contribution in [0.3, 0.4) is 0 Å². The third kappa shape index (κ3) is 1.88. The van der Waals surface area contributed by atoms with Crippen molar-refractivity contribution in [3.63, 3.8) is 0 Å². The summed E-state index contributed by atoms with van der Waals surface area (Å²) in [4.78, 5) is 13.4. The van der Waals surface area contributed by atoms with E-state index in [1.54, 1.807) is 12.1 Å². The van der Waals surface area contributed by atoms with Crippen LogP contribution in [0.2, 0.25) is 0 Å². The van der Waals surface area contributed by atoms with E-state index < -0.39 is 5.97 Å². The Morgan fingerprint density at radius 1 is 1.10 bits per heavy atom. The van der Waals surface area contributed by atoms with Gasteiger partial charge < -0.3 is 5.11 Å². The molecule has 3 nitrogen and oxygen atoms in total. The minimum atomic E-state index is -0.852. The van der Waals surface area contributed by atoms with Crippen LogP contribution in [0.1, 0.15) is 22.3 Å². The summed E-state index contributed by atoms with van der Waals surface area (Å²) in [5, 5.41) is 8.92. The number of nitrogens with zero attached hydrogens (tertiary/aromatic N) is 1. The third-order valence-electron chi connectivity index (χ3n) is 5.34. The van der Waals surface area contributed by atoms with Gasteiger partial charge in [-0.1, -0.05) is 24.3 Å². The van der Waals surface area contributed by atoms with Crippen molar-refractivity contribution in [3.8, 4) is 0 Å². The minimum Gasteiger partial charge on any atom is -0.478 e. The van der Waals surface area contributed by atoms with Gasteiger partial charge in [0.2, 0.25) is 0 Å². The quantitative estimate of drug-likeness (QED) is 0.858. The van der Waals surface area contributed by atoms with Crippen LogP contribution in [0, 0.1) is 23.7 Å². The molecule has 3 aliphatic rings. The molecule has 2 fully saturated rings. The second-order valence-electron chi connectivity index (χ2n) is 6.47. The first-order valence-corrected chi connectivity index (χ1v) is 7.43. The smallest absolute Gasteiger partial charge is 0.335 e. The molecular formula is C17H19NO2. The Bertz CT molecular complexity index is 543. The molecule has 1 aliphatic heterocycles. The standard InChI is InChI=1S/C17H19NO2/c19-17(20)12-3-1-11(2-4-12)8-18-9-15-13-5-6-14(7-13)16(15)10-18/h1-6,13-16H,7-10H2,(H,19,20)/t13?,14?,15-,16+. The monoisotopic (exact) mass is 269 g/mol. The lowest BCUT2D eigenvalue weighted by molar-refractivity contribution is 0.0697. The topological polar surface area (TPSA) is 40.5 Å². The van der Waals surface area contributed by atoms with Crippen LogP contribution in [-0.4, -0.2) is 29.1 Å². The molecule has 4 atom stereocenters. The molecule has 20 heavy (non-hydrogen) atoms. The zero-order valence-corrected chi connectivity index (χ0v) is 11.4. The number of carboxylic acids is 1. The molecular weight excluding hydrogens is 250 g/mol. The molecule has 1 saturated heterocycles. The zero-order chi connectivity index (χ0) is 13.7. The van der Waals surface area contributed by atoms with Gasteiger partial charge in [0, 0.05) is 19.6 Å². The lowest BCUT2D eigenvalue weighted by Crippen LogP contribution is -2.22. The van der Waals surface area contributed by atoms with Crippen LogP contribution >= 0.6 is 0 Å². The average molecular weight is 269 g/mol. The highest BCUT2D eigenvalue weighted by Gasteiger charge is 2.48. The summed E-state index contributed by atoms with van der Waals surface area (Å²) in [5.41, 5.74) is 1.59. The molecule has 3 heteroatoms. The van der Waals surface area contributed by atoms with Crippen LogP contribution in [0.25, 0.3) is 0 Å². The van der Waals surface area contributed by atoms with E-state index in [2.05, 4.69) is 17.1 Å². The number of allylic oxidation sites excluding steroid dienone is 2. The Morgan fingerprint density at radius 3 is 2.25 bits per heavy atom. The Labute approximate surface area is 118 Å². The van der Waals surface area contributed by atoms with E-state index in [-0.39, 0.29) is 0 Å². The van der Waals surface area contributed by atoms with Gasteiger partial charge in [-0.25, -0.2) is 4.79 Å². The van der Waals surface area contributed by atoms with Crippen molar-refractivity contribution in [1.29, 1.82) is 0 Å². The fourth-order valence-electron chi connectivity index (χ4n) is 4.38. The Balaban J connectivity index is 1.42. The number of carboxylic acid groups (broad SMARTS) is 1. The number of hydrogen-bond acceptors (Lipinski definition) is 2. The summed E-state index contributed by atoms with van der Waals surface area (Å²) in [5.74, 6) is 2.52. The van der Waals surface area contributed by atoms with Gasteiger partial charge in [-0.2, -0.15) is 0 Å². The van der Waals surface area contributed by atoms with Crippen molar-refractivity contribution < 1.29 is 9.90 Å². The molecule has 0 spiro atoms. The summed E-state index contributed by atoms with van der Waals surface area (Å²) < 4.78 is 0. The average Bonchev–Trinajstić information content (AvgIpc) is 3.10. The summed E-state index contributed by atoms with van der Waals surface area (Å²) in [6, 6.07) is 7.31. The van der Waals surface area contributed by atoms with E-state index in [1.165, 1.54) is 25.1 Å². The molecule has 1 aromatic carbocycles. The Kier molecular flexibility index (Phi) is 2.71. The first-order valence-electron chi connectivity index (χ1n) is 7.43. The first-order chi connectivity index (χ1) is 9.70. The molecule has 104 valence electrons. The van der Waals surface area contributed by atoms with Gasteiger partial charge in [-0.3, -0.25) is 4.90 Å². The summed E-state index contributed by atoms with van der Waals surface area (Å²) in [7, 11) is 0. The van der Waals surface area contributed by atoms with E-state index in [9.17, 15) is 4.79 Å². The van der Waals surface area contributed by atoms with Gasteiger partial charge in [-0.05, 0) is 47.8 Å². The molecule has 0 aromatic heterocycles. The van der Waals surface area contributed by atoms with Gasteiger partial charge in [0.1, 0.15) is 0 Å². The number of likely N-dealkylation sites (tertiary alicyclic amines) is 1. The second kappa shape index (κ2) is 4.45. The summed E-state index contributed by atoms with van der Waals surface area (Å²) >= 11 is 0. The molecule has 1 saturated carbocycles. The number of rotatable bonds is 3. The van der Waals surface area contributed by atoms with Crippen molar-refractivity contribution in [2.45, 2.75) is 13.0 Å². The highest BCUT2D eigenvalue weighted by atomic mass is 16.4. The van der Waals surface area contributed by atoms with Gasteiger partial charge in [0.05, 0.1) is 5.56 Å². The minimum absolute atomic E-state index is 0.370. The molecule has 0 radical (unpaired) electrons. The molecule has 1 N–H and O–H groups in total. The van der Waals surface area contributed by atoms with Crippen LogP contribution in [0.15, 0.2) is 36.4 Å². The summed E-state index contributed by atoms with van der Waals surface area (Å²) in [6.07, 6.45) is 6.24. The number of carbonyl (C=O) groups is 1. The van der Waals surface area contributed by atoms with Crippen LogP contribution in [0.5, 0.6) is 0 Å². The maximum Gasteiger partial charge on any atom is 0.335 e. The SMILES string of the molecule is O=C(O)c1ccc(CN2C[C@@H]3C4C=CC(C4)[C@@H]3C2)cc1. The van der Waals surface area contributed by atoms with Gasteiger partial charge in [0.15, 0.2) is 0 Å². The third-order valence-corrected chi connectivity index (χ3v) is 5.34. The van der Waals surface area contributed by atoms with Crippen molar-refractivity contribution in [3.05, 3.63) is 47.5 Å². The maximum absolute atomic E-state index is 10.9. The highest BCUT2D eigenvalue weighted by Crippen LogP contribution is 2.51. The first kappa shape index (κ1) is 12.2. The van der Waals surface area contributed by atoms with Crippen LogP contribution < -0.4 is 0 Å².